The summed E-state index contributed by atoms with van der Waals surface area (Å²) in [5.74, 6) is 0.824. The van der Waals surface area contributed by atoms with Gasteiger partial charge in [0.1, 0.15) is 11.0 Å². The topological polar surface area (TPSA) is 81.4 Å². The van der Waals surface area contributed by atoms with Crippen LogP contribution in [-0.2, 0) is 10.0 Å². The summed E-state index contributed by atoms with van der Waals surface area (Å²) in [6.07, 6.45) is 0. The fraction of sp³-hybridized carbons (Fsp3) is 0.500. The van der Waals surface area contributed by atoms with Gasteiger partial charge in [-0.1, -0.05) is 12.1 Å². The smallest absolute Gasteiger partial charge is 0.244 e. The van der Waals surface area contributed by atoms with Gasteiger partial charge in [0.15, 0.2) is 0 Å². The van der Waals surface area contributed by atoms with Gasteiger partial charge in [0.05, 0.1) is 5.56 Å². The molecule has 1 aromatic carbocycles. The lowest BCUT2D eigenvalue weighted by molar-refractivity contribution is 0.247. The van der Waals surface area contributed by atoms with E-state index in [2.05, 4.69) is 0 Å². The highest BCUT2D eigenvalue weighted by molar-refractivity contribution is 7.89. The lowest BCUT2D eigenvalue weighted by atomic mass is 10.1. The number of nitrogens with zero attached hydrogens (tertiary/aromatic N) is 2. The molecule has 2 fully saturated rings. The predicted octanol–water partition coefficient (Wildman–Crippen LogP) is 0.726. The molecule has 20 heavy (non-hydrogen) atoms. The summed E-state index contributed by atoms with van der Waals surface area (Å²) in [4.78, 5) is 0.0989. The van der Waals surface area contributed by atoms with Crippen LogP contribution in [0.3, 0.4) is 0 Å². The summed E-state index contributed by atoms with van der Waals surface area (Å²) < 4.78 is 26.7. The van der Waals surface area contributed by atoms with Crippen LogP contribution in [0.5, 0.6) is 0 Å². The number of hydrogen-bond donors (Lipinski definition) is 1. The predicted molar refractivity (Wildman–Crippen MR) is 72.2 cm³/mol. The minimum Gasteiger partial charge on any atom is -0.396 e. The first-order chi connectivity index (χ1) is 9.50. The van der Waals surface area contributed by atoms with E-state index in [1.807, 2.05) is 6.07 Å². The number of sulfonamides is 1. The van der Waals surface area contributed by atoms with E-state index in [0.717, 1.165) is 0 Å². The van der Waals surface area contributed by atoms with E-state index in [0.29, 0.717) is 18.7 Å². The molecule has 106 valence electrons. The molecule has 0 amide bonds. The van der Waals surface area contributed by atoms with Crippen LogP contribution in [0.25, 0.3) is 0 Å². The second-order valence-corrected chi connectivity index (χ2v) is 7.46. The second-order valence-electron chi connectivity index (χ2n) is 5.56. The number of fused-ring (bicyclic) bond motifs is 1. The standard InChI is InChI=1S/C14H16N2O3S/c1-9-3-2-4-14(10(9)5-15)20(18,19)16-6-11-12(7-16)13(11)8-17/h2-4,11-13,17H,6-8H2,1H3/t11-,12+,13?. The average Bonchev–Trinajstić information content (AvgIpc) is 2.89. The Labute approximate surface area is 118 Å². The molecule has 0 radical (unpaired) electrons. The number of aryl methyl sites for hydroxylation is 1. The molecular formula is C14H16N2O3S. The SMILES string of the molecule is Cc1cccc(S(=O)(=O)N2C[C@@H]3C(CO)[C@@H]3C2)c1C#N. The van der Waals surface area contributed by atoms with Crippen LogP contribution in [0.1, 0.15) is 11.1 Å². The lowest BCUT2D eigenvalue weighted by Crippen LogP contribution is -2.32. The number of nitriles is 1. The zero-order valence-electron chi connectivity index (χ0n) is 11.2. The van der Waals surface area contributed by atoms with Crippen LogP contribution in [0.15, 0.2) is 23.1 Å². The van der Waals surface area contributed by atoms with Gasteiger partial charge in [-0.2, -0.15) is 9.57 Å². The van der Waals surface area contributed by atoms with Gasteiger partial charge in [0.2, 0.25) is 10.0 Å². The van der Waals surface area contributed by atoms with E-state index in [1.165, 1.54) is 10.4 Å². The molecular weight excluding hydrogens is 276 g/mol. The second kappa shape index (κ2) is 4.55. The van der Waals surface area contributed by atoms with Crippen LogP contribution in [0, 0.1) is 36.0 Å². The van der Waals surface area contributed by atoms with Crippen molar-refractivity contribution in [2.24, 2.45) is 17.8 Å². The van der Waals surface area contributed by atoms with Crippen LogP contribution in [-0.4, -0.2) is 37.5 Å². The minimum absolute atomic E-state index is 0.0989. The summed E-state index contributed by atoms with van der Waals surface area (Å²) in [5.41, 5.74) is 0.901. The molecule has 1 aliphatic heterocycles. The maximum Gasteiger partial charge on any atom is 0.244 e. The number of aliphatic hydroxyl groups is 1. The highest BCUT2D eigenvalue weighted by atomic mass is 32.2. The van der Waals surface area contributed by atoms with Crippen molar-refractivity contribution in [3.63, 3.8) is 0 Å². The number of benzene rings is 1. The first-order valence-corrected chi connectivity index (χ1v) is 8.05. The first kappa shape index (κ1) is 13.6. The van der Waals surface area contributed by atoms with E-state index >= 15 is 0 Å². The largest absolute Gasteiger partial charge is 0.396 e. The van der Waals surface area contributed by atoms with Crippen molar-refractivity contribution in [2.75, 3.05) is 19.7 Å². The van der Waals surface area contributed by atoms with Gasteiger partial charge in [0.25, 0.3) is 0 Å². The Morgan fingerprint density at radius 1 is 1.40 bits per heavy atom. The summed E-state index contributed by atoms with van der Waals surface area (Å²) in [5, 5.41) is 18.3. The third-order valence-corrected chi connectivity index (χ3v) is 6.39. The Morgan fingerprint density at radius 2 is 2.05 bits per heavy atom. The van der Waals surface area contributed by atoms with Gasteiger partial charge < -0.3 is 5.11 Å². The van der Waals surface area contributed by atoms with Crippen LogP contribution in [0.4, 0.5) is 0 Å². The number of piperidine rings is 1. The average molecular weight is 292 g/mol. The van der Waals surface area contributed by atoms with E-state index < -0.39 is 10.0 Å². The molecule has 1 saturated heterocycles. The minimum atomic E-state index is -3.61. The highest BCUT2D eigenvalue weighted by Crippen LogP contribution is 2.52. The normalized spacial score (nSPS) is 28.9. The van der Waals surface area contributed by atoms with E-state index in [-0.39, 0.29) is 34.8 Å². The lowest BCUT2D eigenvalue weighted by Gasteiger charge is -2.20. The van der Waals surface area contributed by atoms with Crippen LogP contribution >= 0.6 is 0 Å². The molecule has 6 heteroatoms. The van der Waals surface area contributed by atoms with Crippen molar-refractivity contribution >= 4 is 10.0 Å². The number of rotatable bonds is 3. The molecule has 1 N–H and O–H groups in total. The number of aliphatic hydroxyl groups excluding tert-OH is 1. The van der Waals surface area contributed by atoms with Crippen molar-refractivity contribution in [2.45, 2.75) is 11.8 Å². The molecule has 1 saturated carbocycles. The van der Waals surface area contributed by atoms with Crippen molar-refractivity contribution in [1.82, 2.24) is 4.31 Å². The van der Waals surface area contributed by atoms with Gasteiger partial charge >= 0.3 is 0 Å². The molecule has 1 aliphatic carbocycles. The Balaban J connectivity index is 1.92. The van der Waals surface area contributed by atoms with Crippen molar-refractivity contribution in [1.29, 1.82) is 5.26 Å². The Hall–Kier alpha value is -1.42. The summed E-state index contributed by atoms with van der Waals surface area (Å²) in [7, 11) is -3.61. The van der Waals surface area contributed by atoms with Gasteiger partial charge in [-0.15, -0.1) is 0 Å². The van der Waals surface area contributed by atoms with E-state index in [4.69, 9.17) is 5.11 Å². The molecule has 0 aromatic heterocycles. The zero-order chi connectivity index (χ0) is 14.5. The van der Waals surface area contributed by atoms with Crippen LogP contribution in [0.2, 0.25) is 0 Å². The quantitative estimate of drug-likeness (QED) is 0.890. The molecule has 0 bridgehead atoms. The van der Waals surface area contributed by atoms with E-state index in [9.17, 15) is 13.7 Å². The maximum absolute atomic E-state index is 12.6. The highest BCUT2D eigenvalue weighted by Gasteiger charge is 2.57. The molecule has 0 spiro atoms. The Kier molecular flexibility index (Phi) is 3.09. The third-order valence-electron chi connectivity index (χ3n) is 4.51. The first-order valence-electron chi connectivity index (χ1n) is 6.61. The summed E-state index contributed by atoms with van der Waals surface area (Å²) in [6, 6.07) is 6.88. The number of hydrogen-bond acceptors (Lipinski definition) is 4. The summed E-state index contributed by atoms with van der Waals surface area (Å²) in [6.45, 7) is 2.78. The molecule has 3 atom stereocenters. The monoisotopic (exact) mass is 292 g/mol. The Morgan fingerprint density at radius 3 is 2.60 bits per heavy atom. The molecule has 5 nitrogen and oxygen atoms in total. The van der Waals surface area contributed by atoms with Gasteiger partial charge in [-0.05, 0) is 36.3 Å². The van der Waals surface area contributed by atoms with Crippen molar-refractivity contribution in [3.05, 3.63) is 29.3 Å². The zero-order valence-corrected chi connectivity index (χ0v) is 12.0. The van der Waals surface area contributed by atoms with Crippen molar-refractivity contribution in [3.8, 4) is 6.07 Å². The van der Waals surface area contributed by atoms with Crippen molar-refractivity contribution < 1.29 is 13.5 Å². The fourth-order valence-electron chi connectivity index (χ4n) is 3.22. The molecule has 1 unspecified atom stereocenters. The van der Waals surface area contributed by atoms with Crippen LogP contribution < -0.4 is 0 Å². The van der Waals surface area contributed by atoms with Gasteiger partial charge in [0, 0.05) is 19.7 Å². The Bertz CT molecular complexity index is 681. The molecule has 1 aromatic rings. The van der Waals surface area contributed by atoms with E-state index in [1.54, 1.807) is 19.1 Å². The molecule has 2 aliphatic rings. The van der Waals surface area contributed by atoms with Gasteiger partial charge in [-0.3, -0.25) is 0 Å². The fourth-order valence-corrected chi connectivity index (χ4v) is 4.95. The molecule has 3 rings (SSSR count). The summed E-state index contributed by atoms with van der Waals surface area (Å²) >= 11 is 0. The third kappa shape index (κ3) is 1.85. The van der Waals surface area contributed by atoms with Gasteiger partial charge in [-0.25, -0.2) is 8.42 Å². The maximum atomic E-state index is 12.6. The molecule has 1 heterocycles.